The van der Waals surface area contributed by atoms with Crippen molar-refractivity contribution in [1.29, 1.82) is 0 Å². The summed E-state index contributed by atoms with van der Waals surface area (Å²) in [6.45, 7) is 7.76. The van der Waals surface area contributed by atoms with Gasteiger partial charge in [0.1, 0.15) is 0 Å². The molecule has 0 bridgehead atoms. The summed E-state index contributed by atoms with van der Waals surface area (Å²) in [5.74, 6) is 0.0450. The van der Waals surface area contributed by atoms with E-state index in [1.165, 1.54) is 11.1 Å². The van der Waals surface area contributed by atoms with Crippen LogP contribution in [0.15, 0.2) is 35.4 Å². The normalized spacial score (nSPS) is 15.6. The van der Waals surface area contributed by atoms with Gasteiger partial charge >= 0.3 is 0 Å². The summed E-state index contributed by atoms with van der Waals surface area (Å²) >= 11 is 0. The number of carbonyl (C=O) groups is 1. The zero-order chi connectivity index (χ0) is 13.8. The van der Waals surface area contributed by atoms with E-state index in [9.17, 15) is 4.79 Å². The van der Waals surface area contributed by atoms with Gasteiger partial charge in [0, 0.05) is 18.7 Å². The van der Waals surface area contributed by atoms with Crippen LogP contribution >= 0.6 is 0 Å². The van der Waals surface area contributed by atoms with Crippen molar-refractivity contribution in [3.8, 4) is 0 Å². The van der Waals surface area contributed by atoms with Crippen molar-refractivity contribution in [2.75, 3.05) is 13.1 Å². The van der Waals surface area contributed by atoms with Crippen LogP contribution in [0.4, 0.5) is 0 Å². The van der Waals surface area contributed by atoms with E-state index in [-0.39, 0.29) is 11.9 Å². The van der Waals surface area contributed by atoms with Gasteiger partial charge in [-0.3, -0.25) is 4.79 Å². The highest BCUT2D eigenvalue weighted by molar-refractivity contribution is 5.94. The maximum Gasteiger partial charge on any atom is 0.247 e. The zero-order valence-corrected chi connectivity index (χ0v) is 11.9. The maximum atomic E-state index is 12.1. The summed E-state index contributed by atoms with van der Waals surface area (Å²) in [5, 5.41) is 6.21. The number of hydrogen-bond acceptors (Lipinski definition) is 2. The highest BCUT2D eigenvalue weighted by Crippen LogP contribution is 2.15. The molecule has 2 rings (SSSR count). The predicted molar refractivity (Wildman–Crippen MR) is 77.9 cm³/mol. The Hall–Kier alpha value is -1.61. The van der Waals surface area contributed by atoms with Gasteiger partial charge in [0.15, 0.2) is 0 Å². The molecule has 2 N–H and O–H groups in total. The van der Waals surface area contributed by atoms with Crippen molar-refractivity contribution in [3.63, 3.8) is 0 Å². The molecule has 1 saturated heterocycles. The molecule has 3 nitrogen and oxygen atoms in total. The first-order chi connectivity index (χ1) is 9.11. The molecule has 1 heterocycles. The van der Waals surface area contributed by atoms with Crippen LogP contribution in [0.2, 0.25) is 0 Å². The zero-order valence-electron chi connectivity index (χ0n) is 11.9. The summed E-state index contributed by atoms with van der Waals surface area (Å²) < 4.78 is 0. The van der Waals surface area contributed by atoms with Crippen molar-refractivity contribution in [1.82, 2.24) is 10.6 Å². The molecular weight excluding hydrogens is 236 g/mol. The van der Waals surface area contributed by atoms with E-state index in [1.807, 2.05) is 13.8 Å². The van der Waals surface area contributed by atoms with Crippen LogP contribution in [0.5, 0.6) is 0 Å². The summed E-state index contributed by atoms with van der Waals surface area (Å²) in [7, 11) is 0. The SMILES string of the molecule is CCc1ccc(C(C)NC(=O)C(C)=C2CNC2)cc1. The molecule has 1 aliphatic heterocycles. The number of carbonyl (C=O) groups excluding carboxylic acids is 1. The smallest absolute Gasteiger partial charge is 0.247 e. The van der Waals surface area contributed by atoms with Gasteiger partial charge in [0.05, 0.1) is 6.04 Å². The van der Waals surface area contributed by atoms with Crippen molar-refractivity contribution in [3.05, 3.63) is 46.5 Å². The van der Waals surface area contributed by atoms with Gasteiger partial charge in [-0.1, -0.05) is 31.2 Å². The quantitative estimate of drug-likeness (QED) is 0.814. The Morgan fingerprint density at radius 1 is 1.32 bits per heavy atom. The summed E-state index contributed by atoms with van der Waals surface area (Å²) in [5.41, 5.74) is 4.54. The molecule has 1 amide bonds. The number of rotatable bonds is 4. The van der Waals surface area contributed by atoms with E-state index >= 15 is 0 Å². The minimum Gasteiger partial charge on any atom is -0.346 e. The Bertz CT molecular complexity index is 482. The molecule has 0 radical (unpaired) electrons. The first-order valence-electron chi connectivity index (χ1n) is 6.91. The number of aryl methyl sites for hydroxylation is 1. The molecule has 0 saturated carbocycles. The van der Waals surface area contributed by atoms with Crippen LogP contribution in [-0.2, 0) is 11.2 Å². The lowest BCUT2D eigenvalue weighted by Gasteiger charge is -2.22. The van der Waals surface area contributed by atoms with Crippen LogP contribution < -0.4 is 10.6 Å². The molecule has 1 unspecified atom stereocenters. The molecule has 1 fully saturated rings. The second-order valence-electron chi connectivity index (χ2n) is 5.12. The van der Waals surface area contributed by atoms with Crippen LogP contribution in [0.1, 0.15) is 37.9 Å². The van der Waals surface area contributed by atoms with Crippen molar-refractivity contribution < 1.29 is 4.79 Å². The van der Waals surface area contributed by atoms with Crippen LogP contribution in [0, 0.1) is 0 Å². The minimum absolute atomic E-state index is 0.0435. The summed E-state index contributed by atoms with van der Waals surface area (Å²) in [6, 6.07) is 8.48. The Labute approximate surface area is 115 Å². The van der Waals surface area contributed by atoms with Gasteiger partial charge < -0.3 is 10.6 Å². The first kappa shape index (κ1) is 13.8. The third-order valence-electron chi connectivity index (χ3n) is 3.78. The van der Waals surface area contributed by atoms with E-state index in [0.29, 0.717) is 0 Å². The standard InChI is InChI=1S/C16H22N2O/c1-4-13-5-7-14(8-6-13)12(3)18-16(19)11(2)15-9-17-10-15/h5-8,12,17H,4,9-10H2,1-3H3,(H,18,19). The third-order valence-corrected chi connectivity index (χ3v) is 3.78. The molecule has 1 aromatic rings. The lowest BCUT2D eigenvalue weighted by Crippen LogP contribution is -2.38. The van der Waals surface area contributed by atoms with Gasteiger partial charge in [-0.15, -0.1) is 0 Å². The summed E-state index contributed by atoms with van der Waals surface area (Å²) in [6.07, 6.45) is 1.04. The van der Waals surface area contributed by atoms with Gasteiger partial charge in [0.2, 0.25) is 5.91 Å². The second kappa shape index (κ2) is 6.02. The predicted octanol–water partition coefficient (Wildman–Crippen LogP) is 2.35. The molecule has 1 aliphatic rings. The van der Waals surface area contributed by atoms with E-state index in [0.717, 1.165) is 30.6 Å². The molecule has 3 heteroatoms. The number of hydrogen-bond donors (Lipinski definition) is 2. The van der Waals surface area contributed by atoms with Crippen LogP contribution in [0.3, 0.4) is 0 Å². The summed E-state index contributed by atoms with van der Waals surface area (Å²) in [4.78, 5) is 12.1. The lowest BCUT2D eigenvalue weighted by atomic mass is 10.0. The number of amides is 1. The maximum absolute atomic E-state index is 12.1. The Morgan fingerprint density at radius 2 is 1.95 bits per heavy atom. The molecule has 0 spiro atoms. The molecule has 1 aromatic carbocycles. The minimum atomic E-state index is 0.0435. The van der Waals surface area contributed by atoms with Crippen molar-refractivity contribution in [2.24, 2.45) is 0 Å². The van der Waals surface area contributed by atoms with E-state index < -0.39 is 0 Å². The topological polar surface area (TPSA) is 41.1 Å². The molecule has 102 valence electrons. The molecular formula is C16H22N2O. The van der Waals surface area contributed by atoms with Gasteiger partial charge in [0.25, 0.3) is 0 Å². The van der Waals surface area contributed by atoms with E-state index in [1.54, 1.807) is 0 Å². The Morgan fingerprint density at radius 3 is 2.42 bits per heavy atom. The molecule has 19 heavy (non-hydrogen) atoms. The fourth-order valence-electron chi connectivity index (χ4n) is 2.11. The van der Waals surface area contributed by atoms with E-state index in [4.69, 9.17) is 0 Å². The number of benzene rings is 1. The fourth-order valence-corrected chi connectivity index (χ4v) is 2.11. The largest absolute Gasteiger partial charge is 0.346 e. The van der Waals surface area contributed by atoms with Gasteiger partial charge in [-0.2, -0.15) is 0 Å². The highest BCUT2D eigenvalue weighted by atomic mass is 16.1. The van der Waals surface area contributed by atoms with Crippen molar-refractivity contribution >= 4 is 5.91 Å². The Kier molecular flexibility index (Phi) is 4.38. The van der Waals surface area contributed by atoms with E-state index in [2.05, 4.69) is 41.8 Å². The van der Waals surface area contributed by atoms with Crippen LogP contribution in [0.25, 0.3) is 0 Å². The average Bonchev–Trinajstić information content (AvgIpc) is 2.36. The molecule has 0 aliphatic carbocycles. The van der Waals surface area contributed by atoms with Gasteiger partial charge in [-0.05, 0) is 37.0 Å². The van der Waals surface area contributed by atoms with Crippen molar-refractivity contribution in [2.45, 2.75) is 33.2 Å². The Balaban J connectivity index is 1.99. The molecule has 0 aromatic heterocycles. The first-order valence-corrected chi connectivity index (χ1v) is 6.91. The third kappa shape index (κ3) is 3.24. The van der Waals surface area contributed by atoms with Gasteiger partial charge in [-0.25, -0.2) is 0 Å². The molecule has 1 atom stereocenters. The highest BCUT2D eigenvalue weighted by Gasteiger charge is 2.17. The van der Waals surface area contributed by atoms with Crippen LogP contribution in [-0.4, -0.2) is 19.0 Å². The average molecular weight is 258 g/mol. The monoisotopic (exact) mass is 258 g/mol. The second-order valence-corrected chi connectivity index (χ2v) is 5.12. The number of nitrogens with one attached hydrogen (secondary N) is 2. The lowest BCUT2D eigenvalue weighted by molar-refractivity contribution is -0.118. The fraction of sp³-hybridized carbons (Fsp3) is 0.438.